The van der Waals surface area contributed by atoms with Crippen LogP contribution in [0.4, 0.5) is 0 Å². The first kappa shape index (κ1) is 19.3. The number of hydrogen-bond donors (Lipinski definition) is 1. The number of carbonyl (C=O) groups is 2. The molecular formula is C16H23N3O5S. The molecule has 1 aliphatic rings. The molecule has 1 aromatic heterocycles. The van der Waals surface area contributed by atoms with Crippen LogP contribution in [0.5, 0.6) is 0 Å². The summed E-state index contributed by atoms with van der Waals surface area (Å²) in [4.78, 5) is 27.4. The fourth-order valence-electron chi connectivity index (χ4n) is 2.55. The molecular weight excluding hydrogens is 346 g/mol. The molecule has 1 aliphatic heterocycles. The van der Waals surface area contributed by atoms with Gasteiger partial charge in [-0.3, -0.25) is 14.6 Å². The Bertz CT molecular complexity index is 685. The molecule has 0 saturated carbocycles. The number of esters is 1. The average molecular weight is 369 g/mol. The molecule has 2 heterocycles. The van der Waals surface area contributed by atoms with Crippen molar-refractivity contribution in [1.82, 2.24) is 14.6 Å². The highest BCUT2D eigenvalue weighted by Gasteiger charge is 2.33. The van der Waals surface area contributed by atoms with E-state index in [0.29, 0.717) is 19.4 Å². The molecule has 1 amide bonds. The molecule has 9 heteroatoms. The molecule has 0 radical (unpaired) electrons. The van der Waals surface area contributed by atoms with Crippen molar-refractivity contribution in [3.63, 3.8) is 0 Å². The van der Waals surface area contributed by atoms with Crippen LogP contribution >= 0.6 is 0 Å². The molecule has 2 rings (SSSR count). The minimum absolute atomic E-state index is 0.142. The lowest BCUT2D eigenvalue weighted by Crippen LogP contribution is -2.41. The number of piperidine rings is 1. The summed E-state index contributed by atoms with van der Waals surface area (Å²) in [6.45, 7) is 2.64. The van der Waals surface area contributed by atoms with Gasteiger partial charge in [0.2, 0.25) is 10.0 Å². The number of carbonyl (C=O) groups excluding carboxylic acids is 2. The highest BCUT2D eigenvalue weighted by Crippen LogP contribution is 2.24. The normalized spacial score (nSPS) is 16.4. The van der Waals surface area contributed by atoms with Crippen LogP contribution in [0.15, 0.2) is 29.4 Å². The number of ether oxygens (including phenoxy) is 1. The summed E-state index contributed by atoms with van der Waals surface area (Å²) < 4.78 is 31.4. The van der Waals surface area contributed by atoms with Crippen LogP contribution in [0.2, 0.25) is 0 Å². The van der Waals surface area contributed by atoms with Gasteiger partial charge in [0.1, 0.15) is 4.90 Å². The standard InChI is InChI=1S/C16H23N3O5S/c1-2-7-18-15(20)12-24-16(21)13-5-9-19(10-6-13)25(22,23)14-4-3-8-17-11-14/h3-4,8,11,13H,2,5-7,9-10,12H2,1H3,(H,18,20). The molecule has 1 aromatic rings. The van der Waals surface area contributed by atoms with Crippen LogP contribution in [0, 0.1) is 5.92 Å². The molecule has 25 heavy (non-hydrogen) atoms. The van der Waals surface area contributed by atoms with Crippen molar-refractivity contribution in [2.45, 2.75) is 31.1 Å². The maximum atomic E-state index is 12.5. The summed E-state index contributed by atoms with van der Waals surface area (Å²) in [7, 11) is -3.59. The number of amides is 1. The van der Waals surface area contributed by atoms with E-state index >= 15 is 0 Å². The summed E-state index contributed by atoms with van der Waals surface area (Å²) in [6.07, 6.45) is 4.37. The molecule has 1 fully saturated rings. The Kier molecular flexibility index (Phi) is 6.89. The number of nitrogens with one attached hydrogen (secondary N) is 1. The van der Waals surface area contributed by atoms with Gasteiger partial charge in [-0.05, 0) is 31.4 Å². The van der Waals surface area contributed by atoms with Gasteiger partial charge < -0.3 is 10.1 Å². The van der Waals surface area contributed by atoms with Crippen molar-refractivity contribution < 1.29 is 22.7 Å². The quantitative estimate of drug-likeness (QED) is 0.704. The zero-order valence-corrected chi connectivity index (χ0v) is 15.0. The summed E-state index contributed by atoms with van der Waals surface area (Å²) in [6, 6.07) is 3.07. The van der Waals surface area contributed by atoms with E-state index < -0.39 is 16.0 Å². The van der Waals surface area contributed by atoms with E-state index in [4.69, 9.17) is 4.74 Å². The van der Waals surface area contributed by atoms with Gasteiger partial charge in [-0.2, -0.15) is 4.31 Å². The predicted molar refractivity (Wildman–Crippen MR) is 90.0 cm³/mol. The van der Waals surface area contributed by atoms with Crippen molar-refractivity contribution in [3.8, 4) is 0 Å². The van der Waals surface area contributed by atoms with Crippen molar-refractivity contribution in [2.75, 3.05) is 26.2 Å². The van der Waals surface area contributed by atoms with E-state index in [1.165, 1.54) is 22.8 Å². The van der Waals surface area contributed by atoms with E-state index in [1.54, 1.807) is 6.07 Å². The van der Waals surface area contributed by atoms with Crippen LogP contribution in [0.3, 0.4) is 0 Å². The van der Waals surface area contributed by atoms with Crippen molar-refractivity contribution in [3.05, 3.63) is 24.5 Å². The highest BCUT2D eigenvalue weighted by atomic mass is 32.2. The van der Waals surface area contributed by atoms with Gasteiger partial charge in [0.15, 0.2) is 6.61 Å². The fraction of sp³-hybridized carbons (Fsp3) is 0.562. The van der Waals surface area contributed by atoms with Crippen LogP contribution in [-0.2, 0) is 24.3 Å². The largest absolute Gasteiger partial charge is 0.455 e. The summed E-state index contributed by atoms with van der Waals surface area (Å²) in [5.41, 5.74) is 0. The summed E-state index contributed by atoms with van der Waals surface area (Å²) in [5, 5.41) is 2.63. The van der Waals surface area contributed by atoms with Crippen molar-refractivity contribution >= 4 is 21.9 Å². The summed E-state index contributed by atoms with van der Waals surface area (Å²) >= 11 is 0. The SMILES string of the molecule is CCCNC(=O)COC(=O)C1CCN(S(=O)(=O)c2cccnc2)CC1. The van der Waals surface area contributed by atoms with Gasteiger partial charge in [-0.1, -0.05) is 6.92 Å². The molecule has 1 N–H and O–H groups in total. The molecule has 1 saturated heterocycles. The molecule has 0 spiro atoms. The van der Waals surface area contributed by atoms with E-state index in [-0.39, 0.29) is 36.4 Å². The maximum Gasteiger partial charge on any atom is 0.309 e. The average Bonchev–Trinajstić information content (AvgIpc) is 2.65. The Morgan fingerprint density at radius 2 is 2.08 bits per heavy atom. The van der Waals surface area contributed by atoms with E-state index in [0.717, 1.165) is 6.42 Å². The minimum Gasteiger partial charge on any atom is -0.455 e. The Morgan fingerprint density at radius 3 is 2.68 bits per heavy atom. The van der Waals surface area contributed by atoms with E-state index in [9.17, 15) is 18.0 Å². The Hall–Kier alpha value is -2.00. The first-order chi connectivity index (χ1) is 11.9. The van der Waals surface area contributed by atoms with Crippen LogP contribution in [0.25, 0.3) is 0 Å². The van der Waals surface area contributed by atoms with Crippen LogP contribution in [-0.4, -0.2) is 55.8 Å². The van der Waals surface area contributed by atoms with E-state index in [2.05, 4.69) is 10.3 Å². The van der Waals surface area contributed by atoms with Gasteiger partial charge in [-0.25, -0.2) is 8.42 Å². The Balaban J connectivity index is 1.83. The van der Waals surface area contributed by atoms with Gasteiger partial charge in [0.25, 0.3) is 5.91 Å². The maximum absolute atomic E-state index is 12.5. The molecule has 0 aliphatic carbocycles. The second-order valence-corrected chi connectivity index (χ2v) is 7.76. The number of nitrogens with zero attached hydrogens (tertiary/aromatic N) is 2. The van der Waals surface area contributed by atoms with Crippen molar-refractivity contribution in [1.29, 1.82) is 0 Å². The first-order valence-corrected chi connectivity index (χ1v) is 9.72. The van der Waals surface area contributed by atoms with Crippen LogP contribution < -0.4 is 5.32 Å². The second kappa shape index (κ2) is 8.91. The number of aromatic nitrogens is 1. The zero-order valence-electron chi connectivity index (χ0n) is 14.2. The number of sulfonamides is 1. The third-order valence-corrected chi connectivity index (χ3v) is 5.86. The first-order valence-electron chi connectivity index (χ1n) is 8.28. The minimum atomic E-state index is -3.59. The molecule has 0 aromatic carbocycles. The lowest BCUT2D eigenvalue weighted by molar-refractivity contribution is -0.153. The van der Waals surface area contributed by atoms with Gasteiger partial charge >= 0.3 is 5.97 Å². The predicted octanol–water partition coefficient (Wildman–Crippen LogP) is 0.552. The van der Waals surface area contributed by atoms with Gasteiger partial charge in [0, 0.05) is 32.0 Å². The molecule has 138 valence electrons. The number of rotatable bonds is 7. The Morgan fingerprint density at radius 1 is 1.36 bits per heavy atom. The van der Waals surface area contributed by atoms with Crippen LogP contribution in [0.1, 0.15) is 26.2 Å². The monoisotopic (exact) mass is 369 g/mol. The topological polar surface area (TPSA) is 106 Å². The molecule has 0 bridgehead atoms. The lowest BCUT2D eigenvalue weighted by Gasteiger charge is -2.29. The molecule has 0 atom stereocenters. The Labute approximate surface area is 147 Å². The fourth-order valence-corrected chi connectivity index (χ4v) is 3.98. The number of hydrogen-bond acceptors (Lipinski definition) is 6. The smallest absolute Gasteiger partial charge is 0.309 e. The third-order valence-electron chi connectivity index (χ3n) is 3.98. The highest BCUT2D eigenvalue weighted by molar-refractivity contribution is 7.89. The molecule has 8 nitrogen and oxygen atoms in total. The molecule has 0 unspecified atom stereocenters. The third kappa shape index (κ3) is 5.23. The van der Waals surface area contributed by atoms with E-state index in [1.807, 2.05) is 6.92 Å². The van der Waals surface area contributed by atoms with Crippen molar-refractivity contribution in [2.24, 2.45) is 5.92 Å². The summed E-state index contributed by atoms with van der Waals surface area (Å²) in [5.74, 6) is -1.17. The second-order valence-electron chi connectivity index (χ2n) is 5.82. The van der Waals surface area contributed by atoms with Gasteiger partial charge in [0.05, 0.1) is 5.92 Å². The number of pyridine rings is 1. The van der Waals surface area contributed by atoms with Gasteiger partial charge in [-0.15, -0.1) is 0 Å². The lowest BCUT2D eigenvalue weighted by atomic mass is 9.98. The zero-order chi connectivity index (χ0) is 18.3.